The molecule has 7 nitrogen and oxygen atoms in total. The van der Waals surface area contributed by atoms with E-state index in [4.69, 9.17) is 4.42 Å². The van der Waals surface area contributed by atoms with Crippen LogP contribution in [0.5, 0.6) is 0 Å². The number of benzene rings is 2. The minimum atomic E-state index is -0.280. The monoisotopic (exact) mass is 446 g/mol. The predicted molar refractivity (Wildman–Crippen MR) is 126 cm³/mol. The maximum absolute atomic E-state index is 12.7. The molecule has 8 heteroatoms. The lowest BCUT2D eigenvalue weighted by atomic mass is 10.2. The van der Waals surface area contributed by atoms with Gasteiger partial charge >= 0.3 is 0 Å². The topological polar surface area (TPSA) is 97.1 Å². The second kappa shape index (κ2) is 9.23. The number of hydrogen-bond donors (Lipinski definition) is 2. The van der Waals surface area contributed by atoms with Gasteiger partial charge in [0.1, 0.15) is 11.6 Å². The van der Waals surface area contributed by atoms with E-state index in [1.165, 1.54) is 11.8 Å². The Morgan fingerprint density at radius 2 is 1.66 bits per heavy atom. The van der Waals surface area contributed by atoms with Crippen LogP contribution in [0.25, 0.3) is 11.1 Å². The number of hydrogen-bond acceptors (Lipinski definition) is 6. The summed E-state index contributed by atoms with van der Waals surface area (Å²) < 4.78 is 5.77. The molecule has 2 N–H and O–H groups in total. The summed E-state index contributed by atoms with van der Waals surface area (Å²) in [6.07, 6.45) is 0. The van der Waals surface area contributed by atoms with E-state index in [1.54, 1.807) is 24.3 Å². The summed E-state index contributed by atoms with van der Waals surface area (Å²) in [5.41, 5.74) is 3.50. The average molecular weight is 447 g/mol. The fraction of sp³-hybridized carbons (Fsp3) is 0.167. The third kappa shape index (κ3) is 4.65. The lowest BCUT2D eigenvalue weighted by Crippen LogP contribution is -2.16. The average Bonchev–Trinajstić information content (AvgIpc) is 3.08. The lowest BCUT2D eigenvalue weighted by Gasteiger charge is -2.09. The molecule has 0 radical (unpaired) electrons. The van der Waals surface area contributed by atoms with Crippen molar-refractivity contribution in [3.05, 3.63) is 77.0 Å². The molecule has 0 fully saturated rings. The number of nitrogens with one attached hydrogen (secondary N) is 2. The first kappa shape index (κ1) is 21.6. The van der Waals surface area contributed by atoms with Gasteiger partial charge in [-0.3, -0.25) is 9.59 Å². The Kier molecular flexibility index (Phi) is 6.23. The van der Waals surface area contributed by atoms with Crippen LogP contribution in [0.2, 0.25) is 0 Å². The van der Waals surface area contributed by atoms with E-state index in [0.29, 0.717) is 33.4 Å². The summed E-state index contributed by atoms with van der Waals surface area (Å²) in [7, 11) is 0. The Morgan fingerprint density at radius 1 is 0.938 bits per heavy atom. The molecule has 0 unspecified atom stereocenters. The number of thioether (sulfide) groups is 1. The van der Waals surface area contributed by atoms with Crippen LogP contribution in [0.1, 0.15) is 27.2 Å². The van der Waals surface area contributed by atoms with Crippen molar-refractivity contribution in [3.8, 4) is 0 Å². The number of aryl methyl sites for hydroxylation is 3. The zero-order valence-electron chi connectivity index (χ0n) is 17.9. The molecule has 0 aliphatic carbocycles. The van der Waals surface area contributed by atoms with Crippen LogP contribution in [0.3, 0.4) is 0 Å². The Balaban J connectivity index is 1.56. The van der Waals surface area contributed by atoms with Gasteiger partial charge in [0.05, 0.1) is 11.1 Å². The zero-order valence-corrected chi connectivity index (χ0v) is 18.7. The molecule has 0 atom stereocenters. The summed E-state index contributed by atoms with van der Waals surface area (Å²) >= 11 is 1.18. The van der Waals surface area contributed by atoms with E-state index in [-0.39, 0.29) is 17.6 Å². The summed E-state index contributed by atoms with van der Waals surface area (Å²) in [6.45, 7) is 5.66. The highest BCUT2D eigenvalue weighted by molar-refractivity contribution is 7.99. The maximum atomic E-state index is 12.7. The van der Waals surface area contributed by atoms with Gasteiger partial charge in [0.25, 0.3) is 5.91 Å². The molecule has 0 aliphatic heterocycles. The Bertz CT molecular complexity index is 1300. The van der Waals surface area contributed by atoms with Gasteiger partial charge in [-0.25, -0.2) is 4.98 Å². The van der Waals surface area contributed by atoms with Crippen LogP contribution < -0.4 is 10.6 Å². The van der Waals surface area contributed by atoms with Crippen LogP contribution in [-0.4, -0.2) is 27.5 Å². The molecule has 2 heterocycles. The van der Waals surface area contributed by atoms with E-state index >= 15 is 0 Å². The number of para-hydroxylation sites is 1. The minimum absolute atomic E-state index is 0.116. The van der Waals surface area contributed by atoms with Crippen molar-refractivity contribution < 1.29 is 14.0 Å². The van der Waals surface area contributed by atoms with Crippen LogP contribution in [0.4, 0.5) is 11.5 Å². The number of carbonyl (C=O) groups excluding carboxylic acids is 2. The fourth-order valence-corrected chi connectivity index (χ4v) is 3.82. The lowest BCUT2D eigenvalue weighted by molar-refractivity contribution is -0.113. The molecule has 2 aromatic heterocycles. The van der Waals surface area contributed by atoms with Crippen molar-refractivity contribution in [1.29, 1.82) is 0 Å². The second-order valence-corrected chi connectivity index (χ2v) is 8.23. The highest BCUT2D eigenvalue weighted by atomic mass is 32.2. The van der Waals surface area contributed by atoms with Crippen molar-refractivity contribution in [2.75, 3.05) is 16.4 Å². The van der Waals surface area contributed by atoms with E-state index in [0.717, 1.165) is 16.8 Å². The molecule has 0 aliphatic rings. The SMILES string of the molecule is Cc1ccccc1NC(=O)CSc1nc(NC(=O)c2ccccc2)c2c(C)c(C)oc2n1. The van der Waals surface area contributed by atoms with E-state index in [9.17, 15) is 9.59 Å². The van der Waals surface area contributed by atoms with Gasteiger partial charge in [0.15, 0.2) is 5.16 Å². The van der Waals surface area contributed by atoms with Crippen molar-refractivity contribution in [1.82, 2.24) is 9.97 Å². The number of aromatic nitrogens is 2. The largest absolute Gasteiger partial charge is 0.443 e. The van der Waals surface area contributed by atoms with Crippen molar-refractivity contribution in [3.63, 3.8) is 0 Å². The minimum Gasteiger partial charge on any atom is -0.443 e. The van der Waals surface area contributed by atoms with Crippen LogP contribution in [0, 0.1) is 20.8 Å². The molecule has 2 aromatic carbocycles. The zero-order chi connectivity index (χ0) is 22.7. The van der Waals surface area contributed by atoms with Gasteiger partial charge in [-0.2, -0.15) is 4.98 Å². The van der Waals surface area contributed by atoms with Crippen molar-refractivity contribution in [2.45, 2.75) is 25.9 Å². The molecule has 0 saturated carbocycles. The normalized spacial score (nSPS) is 10.8. The second-order valence-electron chi connectivity index (χ2n) is 7.29. The smallest absolute Gasteiger partial charge is 0.256 e. The number of furan rings is 1. The van der Waals surface area contributed by atoms with Gasteiger partial charge in [-0.1, -0.05) is 48.2 Å². The van der Waals surface area contributed by atoms with Gasteiger partial charge < -0.3 is 15.1 Å². The number of amides is 2. The number of anilines is 2. The van der Waals surface area contributed by atoms with E-state index < -0.39 is 0 Å². The summed E-state index contributed by atoms with van der Waals surface area (Å²) in [5.74, 6) is 0.723. The summed E-state index contributed by atoms with van der Waals surface area (Å²) in [6, 6.07) is 16.5. The van der Waals surface area contributed by atoms with Crippen LogP contribution in [-0.2, 0) is 4.79 Å². The molecule has 4 rings (SSSR count). The first-order valence-electron chi connectivity index (χ1n) is 10.0. The highest BCUT2D eigenvalue weighted by Gasteiger charge is 2.19. The molecule has 0 spiro atoms. The predicted octanol–water partition coefficient (Wildman–Crippen LogP) is 5.13. The molecular weight excluding hydrogens is 424 g/mol. The van der Waals surface area contributed by atoms with E-state index in [2.05, 4.69) is 20.6 Å². The van der Waals surface area contributed by atoms with Crippen LogP contribution in [0.15, 0.2) is 64.2 Å². The first-order chi connectivity index (χ1) is 15.4. The number of rotatable bonds is 6. The standard InChI is InChI=1S/C24H22N4O3S/c1-14-9-7-8-12-18(14)25-19(29)13-32-24-27-21(20-15(2)16(3)31-23(20)28-24)26-22(30)17-10-5-4-6-11-17/h4-12H,13H2,1-3H3,(H,25,29)(H,26,27,28,30). The number of fused-ring (bicyclic) bond motifs is 1. The third-order valence-electron chi connectivity index (χ3n) is 5.03. The number of carbonyl (C=O) groups is 2. The Morgan fingerprint density at radius 3 is 2.41 bits per heavy atom. The van der Waals surface area contributed by atoms with Gasteiger partial charge in [0, 0.05) is 16.8 Å². The molecule has 0 bridgehead atoms. The molecule has 32 heavy (non-hydrogen) atoms. The molecule has 162 valence electrons. The van der Waals surface area contributed by atoms with Crippen molar-refractivity contribution >= 4 is 46.2 Å². The molecule has 2 amide bonds. The van der Waals surface area contributed by atoms with Crippen molar-refractivity contribution in [2.24, 2.45) is 0 Å². The first-order valence-corrected chi connectivity index (χ1v) is 11.0. The van der Waals surface area contributed by atoms with E-state index in [1.807, 2.05) is 51.1 Å². The summed E-state index contributed by atoms with van der Waals surface area (Å²) in [5, 5.41) is 6.75. The van der Waals surface area contributed by atoms with Gasteiger partial charge in [-0.05, 0) is 44.5 Å². The maximum Gasteiger partial charge on any atom is 0.256 e. The summed E-state index contributed by atoms with van der Waals surface area (Å²) in [4.78, 5) is 34.1. The Labute approximate surface area is 189 Å². The fourth-order valence-electron chi connectivity index (χ4n) is 3.18. The molecule has 0 saturated heterocycles. The van der Waals surface area contributed by atoms with Crippen LogP contribution >= 0.6 is 11.8 Å². The molecule has 4 aromatic rings. The quantitative estimate of drug-likeness (QED) is 0.315. The Hall–Kier alpha value is -3.65. The third-order valence-corrected chi connectivity index (χ3v) is 5.87. The highest BCUT2D eigenvalue weighted by Crippen LogP contribution is 2.31. The van der Waals surface area contributed by atoms with Gasteiger partial charge in [0.2, 0.25) is 11.6 Å². The van der Waals surface area contributed by atoms with Gasteiger partial charge in [-0.15, -0.1) is 0 Å². The molecular formula is C24H22N4O3S. The number of nitrogens with zero attached hydrogens (tertiary/aromatic N) is 2.